The van der Waals surface area contributed by atoms with E-state index in [1.165, 1.54) is 0 Å². The van der Waals surface area contributed by atoms with Crippen LogP contribution in [0.25, 0.3) is 0 Å². The van der Waals surface area contributed by atoms with Crippen LogP contribution in [0.2, 0.25) is 0 Å². The Balaban J connectivity index is 2.11. The van der Waals surface area contributed by atoms with Crippen LogP contribution in [0, 0.1) is 6.92 Å². The van der Waals surface area contributed by atoms with Crippen LogP contribution in [0.1, 0.15) is 28.4 Å². The molecule has 2 rings (SSSR count). The first kappa shape index (κ1) is 13.0. The first-order valence-electron chi connectivity index (χ1n) is 5.99. The number of aromatic nitrogens is 1. The predicted molar refractivity (Wildman–Crippen MR) is 75.1 cm³/mol. The summed E-state index contributed by atoms with van der Waals surface area (Å²) in [6.07, 6.45) is 3.40. The molecule has 1 aromatic heterocycles. The van der Waals surface area contributed by atoms with E-state index in [1.807, 2.05) is 44.2 Å². The minimum Gasteiger partial charge on any atom is -0.267 e. The maximum atomic E-state index is 12.0. The normalized spacial score (nSPS) is 11.2. The molecule has 96 valence electrons. The zero-order valence-electron chi connectivity index (χ0n) is 10.9. The smallest absolute Gasteiger partial charge is 0.267 e. The van der Waals surface area contributed by atoms with Gasteiger partial charge in [0, 0.05) is 23.5 Å². The molecule has 0 bridgehead atoms. The summed E-state index contributed by atoms with van der Waals surface area (Å²) in [5.74, 6) is -0.207. The van der Waals surface area contributed by atoms with Gasteiger partial charge in [0.15, 0.2) is 0 Å². The number of carbonyl (C=O) groups excluding carboxylic acids is 1. The Morgan fingerprint density at radius 3 is 2.68 bits per heavy atom. The van der Waals surface area contributed by atoms with Gasteiger partial charge in [-0.2, -0.15) is 5.10 Å². The number of amides is 1. The van der Waals surface area contributed by atoms with Crippen LogP contribution in [0.15, 0.2) is 53.9 Å². The van der Waals surface area contributed by atoms with Gasteiger partial charge in [0.1, 0.15) is 0 Å². The van der Waals surface area contributed by atoms with E-state index in [9.17, 15) is 4.79 Å². The molecule has 1 amide bonds. The Kier molecular flexibility index (Phi) is 4.03. The van der Waals surface area contributed by atoms with E-state index in [2.05, 4.69) is 15.5 Å². The van der Waals surface area contributed by atoms with Crippen molar-refractivity contribution in [1.82, 2.24) is 10.4 Å². The number of pyridine rings is 1. The maximum Gasteiger partial charge on any atom is 0.271 e. The van der Waals surface area contributed by atoms with Gasteiger partial charge in [0.25, 0.3) is 5.91 Å². The number of nitrogens with zero attached hydrogens (tertiary/aromatic N) is 2. The number of hydrazone groups is 1. The van der Waals surface area contributed by atoms with Gasteiger partial charge in [0.05, 0.1) is 5.71 Å². The molecule has 0 spiro atoms. The van der Waals surface area contributed by atoms with E-state index < -0.39 is 0 Å². The third kappa shape index (κ3) is 3.25. The highest BCUT2D eigenvalue weighted by Gasteiger charge is 2.07. The summed E-state index contributed by atoms with van der Waals surface area (Å²) in [7, 11) is 0. The summed E-state index contributed by atoms with van der Waals surface area (Å²) < 4.78 is 0. The van der Waals surface area contributed by atoms with Crippen molar-refractivity contribution in [2.45, 2.75) is 13.8 Å². The van der Waals surface area contributed by atoms with Crippen molar-refractivity contribution in [1.29, 1.82) is 0 Å². The van der Waals surface area contributed by atoms with Gasteiger partial charge >= 0.3 is 0 Å². The average molecular weight is 253 g/mol. The van der Waals surface area contributed by atoms with Crippen molar-refractivity contribution >= 4 is 11.6 Å². The summed E-state index contributed by atoms with van der Waals surface area (Å²) >= 11 is 0. The Morgan fingerprint density at radius 1 is 1.21 bits per heavy atom. The van der Waals surface area contributed by atoms with E-state index in [0.717, 1.165) is 16.8 Å². The first-order chi connectivity index (χ1) is 9.18. The number of aryl methyl sites for hydroxylation is 1. The van der Waals surface area contributed by atoms with Crippen LogP contribution in [0.3, 0.4) is 0 Å². The molecule has 0 saturated heterocycles. The molecule has 0 saturated carbocycles. The van der Waals surface area contributed by atoms with Crippen LogP contribution in [0.4, 0.5) is 0 Å². The van der Waals surface area contributed by atoms with E-state index in [-0.39, 0.29) is 5.91 Å². The quantitative estimate of drug-likeness (QED) is 0.675. The first-order valence-corrected chi connectivity index (χ1v) is 5.99. The molecule has 0 radical (unpaired) electrons. The lowest BCUT2D eigenvalue weighted by Crippen LogP contribution is -2.20. The largest absolute Gasteiger partial charge is 0.271 e. The molecule has 4 nitrogen and oxygen atoms in total. The van der Waals surface area contributed by atoms with Crippen molar-refractivity contribution in [2.75, 3.05) is 0 Å². The summed E-state index contributed by atoms with van der Waals surface area (Å²) in [4.78, 5) is 16.0. The van der Waals surface area contributed by atoms with Crippen molar-refractivity contribution in [3.05, 3.63) is 65.5 Å². The third-order valence-electron chi connectivity index (χ3n) is 2.79. The van der Waals surface area contributed by atoms with Crippen molar-refractivity contribution < 1.29 is 4.79 Å². The second-order valence-electron chi connectivity index (χ2n) is 4.19. The fraction of sp³-hybridized carbons (Fsp3) is 0.133. The Bertz CT molecular complexity index is 606. The lowest BCUT2D eigenvalue weighted by molar-refractivity contribution is 0.0954. The molecule has 1 heterocycles. The van der Waals surface area contributed by atoms with Gasteiger partial charge in [-0.1, -0.05) is 24.3 Å². The van der Waals surface area contributed by atoms with Crippen LogP contribution < -0.4 is 5.43 Å². The molecule has 0 atom stereocenters. The van der Waals surface area contributed by atoms with E-state index in [4.69, 9.17) is 0 Å². The second-order valence-corrected chi connectivity index (χ2v) is 4.19. The lowest BCUT2D eigenvalue weighted by Gasteiger charge is -2.04. The van der Waals surface area contributed by atoms with Gasteiger partial charge in [-0.05, 0) is 31.5 Å². The molecular weight excluding hydrogens is 238 g/mol. The van der Waals surface area contributed by atoms with E-state index in [0.29, 0.717) is 5.56 Å². The molecular formula is C15H15N3O. The number of rotatable bonds is 3. The summed E-state index contributed by atoms with van der Waals surface area (Å²) in [5.41, 5.74) is 5.71. The Labute approximate surface area is 112 Å². The van der Waals surface area contributed by atoms with Gasteiger partial charge in [-0.15, -0.1) is 0 Å². The molecule has 0 unspecified atom stereocenters. The molecule has 2 aromatic rings. The maximum absolute atomic E-state index is 12.0. The van der Waals surface area contributed by atoms with Crippen LogP contribution >= 0.6 is 0 Å². The monoisotopic (exact) mass is 253 g/mol. The molecule has 1 aromatic carbocycles. The highest BCUT2D eigenvalue weighted by atomic mass is 16.2. The summed E-state index contributed by atoms with van der Waals surface area (Å²) in [6, 6.07) is 11.1. The fourth-order valence-corrected chi connectivity index (χ4v) is 1.66. The van der Waals surface area contributed by atoms with Crippen molar-refractivity contribution in [3.8, 4) is 0 Å². The Morgan fingerprint density at radius 2 is 2.00 bits per heavy atom. The van der Waals surface area contributed by atoms with Crippen LogP contribution in [0.5, 0.6) is 0 Å². The molecule has 0 fully saturated rings. The number of carbonyl (C=O) groups is 1. The fourth-order valence-electron chi connectivity index (χ4n) is 1.66. The molecule has 4 heteroatoms. The van der Waals surface area contributed by atoms with Gasteiger partial charge in [0.2, 0.25) is 0 Å². The highest BCUT2D eigenvalue weighted by molar-refractivity contribution is 6.00. The minimum absolute atomic E-state index is 0.207. The molecule has 19 heavy (non-hydrogen) atoms. The van der Waals surface area contributed by atoms with Gasteiger partial charge in [-0.25, -0.2) is 5.43 Å². The lowest BCUT2D eigenvalue weighted by atomic mass is 10.1. The average Bonchev–Trinajstić information content (AvgIpc) is 2.46. The van der Waals surface area contributed by atoms with Crippen LogP contribution in [-0.4, -0.2) is 16.6 Å². The molecule has 0 aliphatic rings. The summed E-state index contributed by atoms with van der Waals surface area (Å²) in [5, 5.41) is 4.09. The minimum atomic E-state index is -0.207. The standard InChI is InChI=1S/C15H15N3O/c1-11-6-3-4-8-14(11)15(19)18-17-12(2)13-7-5-9-16-10-13/h3-10H,1-2H3,(H,18,19). The van der Waals surface area contributed by atoms with Crippen LogP contribution in [-0.2, 0) is 0 Å². The summed E-state index contributed by atoms with van der Waals surface area (Å²) in [6.45, 7) is 3.72. The SMILES string of the molecule is CC(=NNC(=O)c1ccccc1C)c1cccnc1. The van der Waals surface area contributed by atoms with E-state index in [1.54, 1.807) is 18.5 Å². The topological polar surface area (TPSA) is 54.4 Å². The van der Waals surface area contributed by atoms with E-state index >= 15 is 0 Å². The van der Waals surface area contributed by atoms with Gasteiger partial charge in [-0.3, -0.25) is 9.78 Å². The zero-order valence-corrected chi connectivity index (χ0v) is 10.9. The zero-order chi connectivity index (χ0) is 13.7. The van der Waals surface area contributed by atoms with Crippen molar-refractivity contribution in [2.24, 2.45) is 5.10 Å². The van der Waals surface area contributed by atoms with Crippen molar-refractivity contribution in [3.63, 3.8) is 0 Å². The second kappa shape index (κ2) is 5.91. The molecule has 1 N–H and O–H groups in total. The number of nitrogens with one attached hydrogen (secondary N) is 1. The highest BCUT2D eigenvalue weighted by Crippen LogP contribution is 2.06. The molecule has 0 aliphatic heterocycles. The number of hydrogen-bond donors (Lipinski definition) is 1. The Hall–Kier alpha value is -2.49. The molecule has 0 aliphatic carbocycles. The third-order valence-corrected chi connectivity index (χ3v) is 2.79. The number of hydrogen-bond acceptors (Lipinski definition) is 3. The predicted octanol–water partition coefficient (Wildman–Crippen LogP) is 2.54. The van der Waals surface area contributed by atoms with Gasteiger partial charge < -0.3 is 0 Å². The number of benzene rings is 1.